The Hall–Kier alpha value is -1.79. The first kappa shape index (κ1) is 13.2. The van der Waals surface area contributed by atoms with Crippen LogP contribution in [0.15, 0.2) is 36.2 Å². The van der Waals surface area contributed by atoms with Gasteiger partial charge in [0.15, 0.2) is 4.96 Å². The summed E-state index contributed by atoms with van der Waals surface area (Å²) in [4.78, 5) is 9.32. The molecule has 1 atom stereocenters. The van der Waals surface area contributed by atoms with Gasteiger partial charge in [-0.25, -0.2) is 9.37 Å². The number of thiazole rings is 1. The molecule has 3 rings (SSSR count). The molecule has 1 N–H and O–H groups in total. The molecule has 104 valence electrons. The molecule has 1 unspecified atom stereocenters. The average Bonchev–Trinajstić information content (AvgIpc) is 3.00. The van der Waals surface area contributed by atoms with Crippen LogP contribution >= 0.6 is 11.3 Å². The van der Waals surface area contributed by atoms with Gasteiger partial charge in [0.25, 0.3) is 0 Å². The Kier molecular flexibility index (Phi) is 3.75. The number of nitrogens with one attached hydrogen (secondary N) is 1. The first-order valence-electron chi connectivity index (χ1n) is 6.51. The third-order valence-electron chi connectivity index (χ3n) is 3.19. The molecule has 0 fully saturated rings. The van der Waals surface area contributed by atoms with Crippen LogP contribution in [0.4, 0.5) is 4.39 Å². The Morgan fingerprint density at radius 1 is 1.50 bits per heavy atom. The molecule has 0 bridgehead atoms. The van der Waals surface area contributed by atoms with Gasteiger partial charge in [0.2, 0.25) is 0 Å². The second-order valence-corrected chi connectivity index (χ2v) is 5.41. The van der Waals surface area contributed by atoms with Gasteiger partial charge >= 0.3 is 0 Å². The Bertz CT molecular complexity index is 677. The first-order chi connectivity index (χ1) is 9.78. The average molecular weight is 290 g/mol. The second-order valence-electron chi connectivity index (χ2n) is 4.54. The number of hydrogen-bond donors (Lipinski definition) is 1. The number of aromatic nitrogens is 3. The van der Waals surface area contributed by atoms with Crippen LogP contribution in [0.2, 0.25) is 0 Å². The van der Waals surface area contributed by atoms with Gasteiger partial charge < -0.3 is 5.32 Å². The summed E-state index contributed by atoms with van der Waals surface area (Å²) < 4.78 is 15.9. The van der Waals surface area contributed by atoms with E-state index in [1.54, 1.807) is 23.6 Å². The summed E-state index contributed by atoms with van der Waals surface area (Å²) in [5.74, 6) is -0.278. The third kappa shape index (κ3) is 2.57. The van der Waals surface area contributed by atoms with Crippen LogP contribution in [0, 0.1) is 5.82 Å². The maximum Gasteiger partial charge on any atom is 0.193 e. The van der Waals surface area contributed by atoms with E-state index in [1.807, 2.05) is 29.1 Å². The fourth-order valence-electron chi connectivity index (χ4n) is 2.29. The summed E-state index contributed by atoms with van der Waals surface area (Å²) in [6.45, 7) is 2.78. The fourth-order valence-corrected chi connectivity index (χ4v) is 3.01. The van der Waals surface area contributed by atoms with Gasteiger partial charge in [0.05, 0.1) is 11.9 Å². The monoisotopic (exact) mass is 290 g/mol. The van der Waals surface area contributed by atoms with Gasteiger partial charge in [-0.15, -0.1) is 11.3 Å². The van der Waals surface area contributed by atoms with Crippen molar-refractivity contribution >= 4 is 16.3 Å². The lowest BCUT2D eigenvalue weighted by Crippen LogP contribution is -2.24. The van der Waals surface area contributed by atoms with Crippen LogP contribution in [0.5, 0.6) is 0 Å². The van der Waals surface area contributed by atoms with Crippen molar-refractivity contribution in [3.05, 3.63) is 53.3 Å². The van der Waals surface area contributed by atoms with Gasteiger partial charge in [-0.1, -0.05) is 6.92 Å². The highest BCUT2D eigenvalue weighted by molar-refractivity contribution is 7.15. The Morgan fingerprint density at radius 2 is 2.40 bits per heavy atom. The maximum absolute atomic E-state index is 13.9. The molecule has 0 amide bonds. The number of fused-ring (bicyclic) bond motifs is 1. The molecule has 4 nitrogen and oxygen atoms in total. The predicted molar refractivity (Wildman–Crippen MR) is 77.4 cm³/mol. The van der Waals surface area contributed by atoms with Crippen molar-refractivity contribution in [2.45, 2.75) is 19.4 Å². The summed E-state index contributed by atoms with van der Waals surface area (Å²) in [7, 11) is 0. The van der Waals surface area contributed by atoms with E-state index in [0.29, 0.717) is 12.0 Å². The number of nitrogens with zero attached hydrogens (tertiary/aromatic N) is 3. The van der Waals surface area contributed by atoms with E-state index in [9.17, 15) is 4.39 Å². The van der Waals surface area contributed by atoms with E-state index in [-0.39, 0.29) is 11.9 Å². The summed E-state index contributed by atoms with van der Waals surface area (Å²) >= 11 is 1.59. The van der Waals surface area contributed by atoms with Gasteiger partial charge in [0, 0.05) is 42.0 Å². The molecule has 0 saturated carbocycles. The number of rotatable bonds is 5. The molecule has 3 aromatic heterocycles. The zero-order chi connectivity index (χ0) is 13.9. The van der Waals surface area contributed by atoms with E-state index in [4.69, 9.17) is 0 Å². The lowest BCUT2D eigenvalue weighted by Gasteiger charge is -2.17. The summed E-state index contributed by atoms with van der Waals surface area (Å²) in [6.07, 6.45) is 7.50. The second kappa shape index (κ2) is 5.68. The SMILES string of the molecule is CCNC(Cc1cn2ccsc2n1)c1ccncc1F. The van der Waals surface area contributed by atoms with E-state index in [0.717, 1.165) is 17.2 Å². The Labute approximate surface area is 120 Å². The smallest absolute Gasteiger partial charge is 0.193 e. The van der Waals surface area contributed by atoms with Crippen molar-refractivity contribution in [3.63, 3.8) is 0 Å². The zero-order valence-electron chi connectivity index (χ0n) is 11.1. The van der Waals surface area contributed by atoms with E-state index in [1.165, 1.54) is 6.20 Å². The van der Waals surface area contributed by atoms with E-state index < -0.39 is 0 Å². The number of pyridine rings is 1. The fraction of sp³-hybridized carbons (Fsp3) is 0.286. The largest absolute Gasteiger partial charge is 0.310 e. The first-order valence-corrected chi connectivity index (χ1v) is 7.39. The van der Waals surface area contributed by atoms with Crippen molar-refractivity contribution in [2.24, 2.45) is 0 Å². The molecule has 3 heterocycles. The molecule has 0 aliphatic rings. The highest BCUT2D eigenvalue weighted by Crippen LogP contribution is 2.21. The van der Waals surface area contributed by atoms with Gasteiger partial charge in [-0.2, -0.15) is 0 Å². The number of likely N-dealkylation sites (N-methyl/N-ethyl adjacent to an activating group) is 1. The molecule has 0 aliphatic heterocycles. The molecule has 3 aromatic rings. The zero-order valence-corrected chi connectivity index (χ0v) is 11.9. The quantitative estimate of drug-likeness (QED) is 0.785. The van der Waals surface area contributed by atoms with Gasteiger partial charge in [-0.3, -0.25) is 9.38 Å². The maximum atomic E-state index is 13.9. The summed E-state index contributed by atoms with van der Waals surface area (Å²) in [5.41, 5.74) is 1.59. The highest BCUT2D eigenvalue weighted by atomic mass is 32.1. The molecule has 0 spiro atoms. The Morgan fingerprint density at radius 3 is 3.15 bits per heavy atom. The lowest BCUT2D eigenvalue weighted by molar-refractivity contribution is 0.504. The lowest BCUT2D eigenvalue weighted by atomic mass is 10.0. The number of hydrogen-bond acceptors (Lipinski definition) is 4. The minimum absolute atomic E-state index is 0.0902. The van der Waals surface area contributed by atoms with E-state index in [2.05, 4.69) is 15.3 Å². The van der Waals surface area contributed by atoms with E-state index >= 15 is 0 Å². The minimum Gasteiger partial charge on any atom is -0.310 e. The molecule has 0 radical (unpaired) electrons. The van der Waals surface area contributed by atoms with Crippen LogP contribution in [0.3, 0.4) is 0 Å². The normalized spacial score (nSPS) is 12.9. The third-order valence-corrected chi connectivity index (χ3v) is 3.96. The van der Waals surface area contributed by atoms with Crippen molar-refractivity contribution in [2.75, 3.05) is 6.54 Å². The number of imidazole rings is 1. The molecule has 0 saturated heterocycles. The molecular weight excluding hydrogens is 275 g/mol. The molecule has 6 heteroatoms. The van der Waals surface area contributed by atoms with Crippen LogP contribution in [0.1, 0.15) is 24.2 Å². The summed E-state index contributed by atoms with van der Waals surface area (Å²) in [5, 5.41) is 5.31. The molecule has 0 aliphatic carbocycles. The van der Waals surface area contributed by atoms with Crippen LogP contribution in [-0.2, 0) is 6.42 Å². The standard InChI is InChI=1S/C14H15FN4S/c1-2-17-13(11-3-4-16-8-12(11)15)7-10-9-19-5-6-20-14(19)18-10/h3-6,8-9,13,17H,2,7H2,1H3. The van der Waals surface area contributed by atoms with Gasteiger partial charge in [0.1, 0.15) is 5.82 Å². The molecule has 20 heavy (non-hydrogen) atoms. The van der Waals surface area contributed by atoms with Crippen LogP contribution in [-0.4, -0.2) is 20.9 Å². The van der Waals surface area contributed by atoms with Crippen molar-refractivity contribution in [1.82, 2.24) is 19.7 Å². The van der Waals surface area contributed by atoms with Crippen LogP contribution < -0.4 is 5.32 Å². The van der Waals surface area contributed by atoms with Crippen molar-refractivity contribution in [1.29, 1.82) is 0 Å². The predicted octanol–water partition coefficient (Wildman–Crippen LogP) is 2.82. The topological polar surface area (TPSA) is 42.2 Å². The van der Waals surface area contributed by atoms with Crippen molar-refractivity contribution < 1.29 is 4.39 Å². The van der Waals surface area contributed by atoms with Crippen molar-refractivity contribution in [3.8, 4) is 0 Å². The molecular formula is C14H15FN4S. The molecule has 0 aromatic carbocycles. The highest BCUT2D eigenvalue weighted by Gasteiger charge is 2.17. The number of halogens is 1. The minimum atomic E-state index is -0.278. The van der Waals surface area contributed by atoms with Gasteiger partial charge in [-0.05, 0) is 12.6 Å². The Balaban J connectivity index is 1.87. The summed E-state index contributed by atoms with van der Waals surface area (Å²) in [6, 6.07) is 1.63. The van der Waals surface area contributed by atoms with Crippen LogP contribution in [0.25, 0.3) is 4.96 Å².